The molecule has 1 aliphatic rings. The van der Waals surface area contributed by atoms with Gasteiger partial charge < -0.3 is 4.74 Å². The SMILES string of the molecule is Cc1cccc(-c2nn(C3CCCCO3)cc2-c2ccc3ncc(Br)cc3c2)n1. The number of fused-ring (bicyclic) bond motifs is 1. The van der Waals surface area contributed by atoms with Crippen molar-refractivity contribution in [1.29, 1.82) is 0 Å². The third-order valence-corrected chi connectivity index (χ3v) is 5.71. The summed E-state index contributed by atoms with van der Waals surface area (Å²) >= 11 is 3.52. The third kappa shape index (κ3) is 3.70. The van der Waals surface area contributed by atoms with Crippen molar-refractivity contribution in [3.8, 4) is 22.5 Å². The van der Waals surface area contributed by atoms with E-state index in [1.54, 1.807) is 0 Å². The molecule has 0 saturated carbocycles. The molecule has 1 aromatic carbocycles. The number of hydrogen-bond acceptors (Lipinski definition) is 4. The smallest absolute Gasteiger partial charge is 0.150 e. The van der Waals surface area contributed by atoms with E-state index in [0.29, 0.717) is 0 Å². The average molecular weight is 449 g/mol. The summed E-state index contributed by atoms with van der Waals surface area (Å²) in [4.78, 5) is 9.21. The molecule has 1 saturated heterocycles. The maximum Gasteiger partial charge on any atom is 0.150 e. The predicted octanol–water partition coefficient (Wildman–Crippen LogP) is 5.93. The molecule has 4 aromatic rings. The van der Waals surface area contributed by atoms with Crippen molar-refractivity contribution in [2.75, 3.05) is 6.61 Å². The fourth-order valence-electron chi connectivity index (χ4n) is 3.82. The molecule has 3 aromatic heterocycles. The van der Waals surface area contributed by atoms with Crippen LogP contribution in [0.4, 0.5) is 0 Å². The van der Waals surface area contributed by atoms with E-state index < -0.39 is 0 Å². The normalized spacial score (nSPS) is 17.0. The molecule has 1 unspecified atom stereocenters. The Morgan fingerprint density at radius 1 is 1.14 bits per heavy atom. The number of aryl methyl sites for hydroxylation is 1. The van der Waals surface area contributed by atoms with Gasteiger partial charge in [-0.3, -0.25) is 9.97 Å². The molecule has 146 valence electrons. The number of aromatic nitrogens is 4. The molecule has 0 aliphatic carbocycles. The molecule has 0 N–H and O–H groups in total. The van der Waals surface area contributed by atoms with Gasteiger partial charge in [0, 0.05) is 40.1 Å². The Morgan fingerprint density at radius 2 is 2.07 bits per heavy atom. The van der Waals surface area contributed by atoms with Crippen molar-refractivity contribution >= 4 is 26.8 Å². The molecule has 4 heterocycles. The van der Waals surface area contributed by atoms with Crippen LogP contribution in [0, 0.1) is 6.92 Å². The van der Waals surface area contributed by atoms with Gasteiger partial charge in [0.2, 0.25) is 0 Å². The molecule has 6 heteroatoms. The summed E-state index contributed by atoms with van der Waals surface area (Å²) in [7, 11) is 0. The quantitative estimate of drug-likeness (QED) is 0.389. The van der Waals surface area contributed by atoms with Crippen LogP contribution in [0.3, 0.4) is 0 Å². The minimum absolute atomic E-state index is 0.0164. The first-order valence-electron chi connectivity index (χ1n) is 9.88. The van der Waals surface area contributed by atoms with Crippen molar-refractivity contribution in [2.45, 2.75) is 32.4 Å². The van der Waals surface area contributed by atoms with E-state index in [2.05, 4.69) is 51.4 Å². The zero-order chi connectivity index (χ0) is 19.8. The van der Waals surface area contributed by atoms with Crippen LogP contribution in [0.5, 0.6) is 0 Å². The molecule has 5 nitrogen and oxygen atoms in total. The molecular weight excluding hydrogens is 428 g/mol. The Labute approximate surface area is 177 Å². The Morgan fingerprint density at radius 3 is 2.90 bits per heavy atom. The molecule has 0 radical (unpaired) electrons. The van der Waals surface area contributed by atoms with Crippen LogP contribution in [0.25, 0.3) is 33.4 Å². The van der Waals surface area contributed by atoms with Gasteiger partial charge >= 0.3 is 0 Å². The van der Waals surface area contributed by atoms with E-state index in [-0.39, 0.29) is 6.23 Å². The van der Waals surface area contributed by atoms with Gasteiger partial charge in [-0.25, -0.2) is 4.68 Å². The van der Waals surface area contributed by atoms with Crippen molar-refractivity contribution in [1.82, 2.24) is 19.7 Å². The molecule has 0 bridgehead atoms. The highest BCUT2D eigenvalue weighted by molar-refractivity contribution is 9.10. The summed E-state index contributed by atoms with van der Waals surface area (Å²) in [5, 5.41) is 6.01. The fraction of sp³-hybridized carbons (Fsp3) is 0.261. The standard InChI is InChI=1S/C23H21BrN4O/c1-15-5-4-6-21(26-15)23-19(14-28(27-23)22-7-2-3-10-29-22)16-8-9-20-17(11-16)12-18(24)13-25-20/h4-6,8-9,11-14,22H,2-3,7,10H2,1H3. The van der Waals surface area contributed by atoms with Gasteiger partial charge in [-0.2, -0.15) is 5.10 Å². The zero-order valence-electron chi connectivity index (χ0n) is 16.2. The van der Waals surface area contributed by atoms with Crippen LogP contribution in [0.1, 0.15) is 31.2 Å². The number of ether oxygens (including phenoxy) is 1. The molecule has 5 rings (SSSR count). The first-order chi connectivity index (χ1) is 14.2. The lowest BCUT2D eigenvalue weighted by Crippen LogP contribution is -2.18. The van der Waals surface area contributed by atoms with Gasteiger partial charge in [0.1, 0.15) is 11.9 Å². The van der Waals surface area contributed by atoms with Gasteiger partial charge in [0.15, 0.2) is 0 Å². The second-order valence-electron chi connectivity index (χ2n) is 7.42. The molecule has 0 amide bonds. The third-order valence-electron chi connectivity index (χ3n) is 5.27. The predicted molar refractivity (Wildman–Crippen MR) is 117 cm³/mol. The van der Waals surface area contributed by atoms with E-state index in [4.69, 9.17) is 14.8 Å². The van der Waals surface area contributed by atoms with Crippen molar-refractivity contribution < 1.29 is 4.74 Å². The Balaban J connectivity index is 1.66. The van der Waals surface area contributed by atoms with Crippen LogP contribution >= 0.6 is 15.9 Å². The lowest BCUT2D eigenvalue weighted by Gasteiger charge is -2.22. The largest absolute Gasteiger partial charge is 0.357 e. The van der Waals surface area contributed by atoms with Gasteiger partial charge in [0.05, 0.1) is 11.2 Å². The topological polar surface area (TPSA) is 52.8 Å². The van der Waals surface area contributed by atoms with E-state index >= 15 is 0 Å². The van der Waals surface area contributed by atoms with E-state index in [0.717, 1.165) is 69.5 Å². The summed E-state index contributed by atoms with van der Waals surface area (Å²) < 4.78 is 8.91. The summed E-state index contributed by atoms with van der Waals surface area (Å²) in [6.07, 6.45) is 7.16. The minimum Gasteiger partial charge on any atom is -0.357 e. The Kier molecular flexibility index (Phi) is 4.89. The van der Waals surface area contributed by atoms with Gasteiger partial charge in [-0.1, -0.05) is 12.1 Å². The monoisotopic (exact) mass is 448 g/mol. The maximum absolute atomic E-state index is 5.98. The van der Waals surface area contributed by atoms with Crippen LogP contribution < -0.4 is 0 Å². The highest BCUT2D eigenvalue weighted by Gasteiger charge is 2.21. The highest BCUT2D eigenvalue weighted by Crippen LogP contribution is 2.34. The van der Waals surface area contributed by atoms with E-state index in [9.17, 15) is 0 Å². The van der Waals surface area contributed by atoms with Crippen LogP contribution in [-0.4, -0.2) is 26.4 Å². The molecule has 1 fully saturated rings. The number of rotatable bonds is 3. The molecule has 1 atom stereocenters. The Bertz CT molecular complexity index is 1180. The second-order valence-corrected chi connectivity index (χ2v) is 8.33. The first-order valence-corrected chi connectivity index (χ1v) is 10.7. The number of hydrogen-bond donors (Lipinski definition) is 0. The fourth-order valence-corrected chi connectivity index (χ4v) is 4.17. The minimum atomic E-state index is -0.0164. The van der Waals surface area contributed by atoms with Crippen molar-refractivity contribution in [3.05, 3.63) is 65.0 Å². The summed E-state index contributed by atoms with van der Waals surface area (Å²) in [6, 6.07) is 14.5. The van der Waals surface area contributed by atoms with Crippen molar-refractivity contribution in [2.24, 2.45) is 0 Å². The first kappa shape index (κ1) is 18.5. The number of halogens is 1. The second kappa shape index (κ2) is 7.69. The number of pyridine rings is 2. The Hall–Kier alpha value is -2.57. The van der Waals surface area contributed by atoms with E-state index in [1.807, 2.05) is 36.0 Å². The highest BCUT2D eigenvalue weighted by atomic mass is 79.9. The average Bonchev–Trinajstić information content (AvgIpc) is 3.19. The molecule has 29 heavy (non-hydrogen) atoms. The molecular formula is C23H21BrN4O. The number of benzene rings is 1. The van der Waals surface area contributed by atoms with Gasteiger partial charge in [-0.15, -0.1) is 0 Å². The van der Waals surface area contributed by atoms with Crippen molar-refractivity contribution in [3.63, 3.8) is 0 Å². The lowest BCUT2D eigenvalue weighted by atomic mass is 10.0. The van der Waals surface area contributed by atoms with Gasteiger partial charge in [-0.05, 0) is 78.0 Å². The van der Waals surface area contributed by atoms with Crippen LogP contribution in [0.15, 0.2) is 59.3 Å². The maximum atomic E-state index is 5.98. The lowest BCUT2D eigenvalue weighted by molar-refractivity contribution is -0.0393. The molecule has 0 spiro atoms. The summed E-state index contributed by atoms with van der Waals surface area (Å²) in [5.41, 5.74) is 5.85. The molecule has 1 aliphatic heterocycles. The van der Waals surface area contributed by atoms with Crippen LogP contribution in [-0.2, 0) is 4.74 Å². The number of nitrogens with zero attached hydrogens (tertiary/aromatic N) is 4. The van der Waals surface area contributed by atoms with Gasteiger partial charge in [0.25, 0.3) is 0 Å². The zero-order valence-corrected chi connectivity index (χ0v) is 17.8. The summed E-state index contributed by atoms with van der Waals surface area (Å²) in [5.74, 6) is 0. The van der Waals surface area contributed by atoms with Crippen LogP contribution in [0.2, 0.25) is 0 Å². The van der Waals surface area contributed by atoms with E-state index in [1.165, 1.54) is 0 Å². The summed E-state index contributed by atoms with van der Waals surface area (Å²) in [6.45, 7) is 2.79.